The fourth-order valence-corrected chi connectivity index (χ4v) is 2.27. The molecule has 1 aliphatic rings. The maximum Gasteiger partial charge on any atom is 0.0700 e. The molecular weight excluding hydrogens is 216 g/mol. The van der Waals surface area contributed by atoms with Gasteiger partial charge >= 0.3 is 0 Å². The average Bonchev–Trinajstić information content (AvgIpc) is 2.33. The van der Waals surface area contributed by atoms with Crippen LogP contribution in [-0.2, 0) is 9.47 Å². The van der Waals surface area contributed by atoms with Crippen molar-refractivity contribution in [3.63, 3.8) is 0 Å². The molecule has 1 fully saturated rings. The van der Waals surface area contributed by atoms with E-state index in [9.17, 15) is 0 Å². The van der Waals surface area contributed by atoms with Crippen LogP contribution in [0, 0.1) is 0 Å². The summed E-state index contributed by atoms with van der Waals surface area (Å²) in [7, 11) is 1.71. The van der Waals surface area contributed by atoms with Gasteiger partial charge in [0, 0.05) is 38.8 Å². The topological polar surface area (TPSA) is 33.7 Å². The van der Waals surface area contributed by atoms with E-state index in [4.69, 9.17) is 9.47 Å². The van der Waals surface area contributed by atoms with Gasteiger partial charge in [0.1, 0.15) is 0 Å². The summed E-state index contributed by atoms with van der Waals surface area (Å²) in [6, 6.07) is 1.28. The normalized spacial score (nSPS) is 26.3. The van der Waals surface area contributed by atoms with Crippen LogP contribution < -0.4 is 5.32 Å². The first-order valence-electron chi connectivity index (χ1n) is 6.82. The van der Waals surface area contributed by atoms with E-state index >= 15 is 0 Å². The van der Waals surface area contributed by atoms with Crippen molar-refractivity contribution in [2.45, 2.75) is 38.8 Å². The fourth-order valence-electron chi connectivity index (χ4n) is 2.27. The molecule has 4 heteroatoms. The Hall–Kier alpha value is -0.160. The van der Waals surface area contributed by atoms with Gasteiger partial charge in [-0.15, -0.1) is 0 Å². The van der Waals surface area contributed by atoms with Crippen LogP contribution in [0.5, 0.6) is 0 Å². The third-order valence-corrected chi connectivity index (χ3v) is 3.37. The van der Waals surface area contributed by atoms with Crippen molar-refractivity contribution in [2.24, 2.45) is 0 Å². The van der Waals surface area contributed by atoms with Crippen molar-refractivity contribution in [2.75, 3.05) is 46.6 Å². The number of methoxy groups -OCH3 is 1. The maximum absolute atomic E-state index is 5.53. The predicted molar refractivity (Wildman–Crippen MR) is 70.4 cm³/mol. The molecule has 0 radical (unpaired) electrons. The molecule has 1 aliphatic heterocycles. The van der Waals surface area contributed by atoms with Crippen molar-refractivity contribution in [1.82, 2.24) is 10.2 Å². The molecule has 0 aromatic rings. The Morgan fingerprint density at radius 2 is 2.12 bits per heavy atom. The number of hydrogen-bond acceptors (Lipinski definition) is 4. The molecular formula is C13H28N2O2. The van der Waals surface area contributed by atoms with Crippen LogP contribution in [-0.4, -0.2) is 63.5 Å². The molecule has 0 saturated carbocycles. The number of hydrogen-bond donors (Lipinski definition) is 1. The summed E-state index contributed by atoms with van der Waals surface area (Å²) >= 11 is 0. The monoisotopic (exact) mass is 244 g/mol. The van der Waals surface area contributed by atoms with Crippen molar-refractivity contribution in [1.29, 1.82) is 0 Å². The Labute approximate surface area is 106 Å². The van der Waals surface area contributed by atoms with Gasteiger partial charge in [0.2, 0.25) is 0 Å². The highest BCUT2D eigenvalue weighted by molar-refractivity contribution is 4.83. The van der Waals surface area contributed by atoms with Crippen LogP contribution in [0.15, 0.2) is 0 Å². The Kier molecular flexibility index (Phi) is 7.77. The minimum atomic E-state index is 0.620. The molecule has 4 nitrogen and oxygen atoms in total. The van der Waals surface area contributed by atoms with E-state index in [0.717, 1.165) is 26.2 Å². The van der Waals surface area contributed by atoms with Gasteiger partial charge in [-0.25, -0.2) is 0 Å². The van der Waals surface area contributed by atoms with Crippen molar-refractivity contribution >= 4 is 0 Å². The molecule has 0 aromatic carbocycles. The van der Waals surface area contributed by atoms with Gasteiger partial charge in [-0.1, -0.05) is 13.3 Å². The summed E-state index contributed by atoms with van der Waals surface area (Å²) in [6.07, 6.45) is 2.53. The molecule has 2 unspecified atom stereocenters. The van der Waals surface area contributed by atoms with Gasteiger partial charge in [0.25, 0.3) is 0 Å². The Morgan fingerprint density at radius 1 is 1.29 bits per heavy atom. The number of rotatable bonds is 8. The van der Waals surface area contributed by atoms with Crippen molar-refractivity contribution in [3.8, 4) is 0 Å². The van der Waals surface area contributed by atoms with Crippen molar-refractivity contribution < 1.29 is 9.47 Å². The smallest absolute Gasteiger partial charge is 0.0700 e. The number of nitrogens with zero attached hydrogens (tertiary/aromatic N) is 1. The highest BCUT2D eigenvalue weighted by Crippen LogP contribution is 2.09. The molecule has 17 heavy (non-hydrogen) atoms. The summed E-state index contributed by atoms with van der Waals surface area (Å²) in [5.74, 6) is 0. The third kappa shape index (κ3) is 5.82. The van der Waals surface area contributed by atoms with E-state index in [1.165, 1.54) is 12.8 Å². The first-order chi connectivity index (χ1) is 8.27. The molecule has 2 atom stereocenters. The SMILES string of the molecule is CCCC1CN(CCOCCOC)C(C)CN1. The molecule has 0 aliphatic carbocycles. The molecule has 0 spiro atoms. The third-order valence-electron chi connectivity index (χ3n) is 3.37. The minimum absolute atomic E-state index is 0.620. The highest BCUT2D eigenvalue weighted by Gasteiger charge is 2.23. The van der Waals surface area contributed by atoms with Gasteiger partial charge in [0.05, 0.1) is 19.8 Å². The molecule has 102 valence electrons. The number of ether oxygens (including phenoxy) is 2. The van der Waals surface area contributed by atoms with Crippen LogP contribution in [0.1, 0.15) is 26.7 Å². The summed E-state index contributed by atoms with van der Waals surface area (Å²) in [4.78, 5) is 2.53. The number of nitrogens with one attached hydrogen (secondary N) is 1. The average molecular weight is 244 g/mol. The quantitative estimate of drug-likeness (QED) is 0.649. The van der Waals surface area contributed by atoms with Crippen LogP contribution >= 0.6 is 0 Å². The molecule has 0 amide bonds. The largest absolute Gasteiger partial charge is 0.382 e. The van der Waals surface area contributed by atoms with Gasteiger partial charge in [-0.05, 0) is 13.3 Å². The van der Waals surface area contributed by atoms with Crippen LogP contribution in [0.2, 0.25) is 0 Å². The first kappa shape index (κ1) is 14.9. The zero-order valence-corrected chi connectivity index (χ0v) is 11.6. The van der Waals surface area contributed by atoms with E-state index in [-0.39, 0.29) is 0 Å². The summed E-state index contributed by atoms with van der Waals surface area (Å²) < 4.78 is 10.5. The molecule has 1 heterocycles. The summed E-state index contributed by atoms with van der Waals surface area (Å²) in [5.41, 5.74) is 0. The van der Waals surface area contributed by atoms with Gasteiger partial charge in [0.15, 0.2) is 0 Å². The van der Waals surface area contributed by atoms with E-state index in [1.54, 1.807) is 7.11 Å². The molecule has 1 saturated heterocycles. The van der Waals surface area contributed by atoms with Gasteiger partial charge in [-0.3, -0.25) is 4.90 Å². The maximum atomic E-state index is 5.53. The van der Waals surface area contributed by atoms with E-state index in [0.29, 0.717) is 25.3 Å². The zero-order chi connectivity index (χ0) is 12.5. The van der Waals surface area contributed by atoms with Gasteiger partial charge < -0.3 is 14.8 Å². The van der Waals surface area contributed by atoms with E-state index in [1.807, 2.05) is 0 Å². The summed E-state index contributed by atoms with van der Waals surface area (Å²) in [6.45, 7) is 10.0. The van der Waals surface area contributed by atoms with Gasteiger partial charge in [-0.2, -0.15) is 0 Å². The summed E-state index contributed by atoms with van der Waals surface area (Å²) in [5, 5.41) is 3.61. The lowest BCUT2D eigenvalue weighted by Crippen LogP contribution is -2.55. The Balaban J connectivity index is 2.15. The standard InChI is InChI=1S/C13H28N2O2/c1-4-5-13-11-15(12(2)10-14-13)6-7-17-9-8-16-3/h12-14H,4-11H2,1-3H3. The Bertz CT molecular complexity index is 190. The minimum Gasteiger partial charge on any atom is -0.382 e. The lowest BCUT2D eigenvalue weighted by molar-refractivity contribution is 0.0414. The second kappa shape index (κ2) is 8.86. The number of piperazine rings is 1. The fraction of sp³-hybridized carbons (Fsp3) is 1.00. The lowest BCUT2D eigenvalue weighted by Gasteiger charge is -2.38. The highest BCUT2D eigenvalue weighted by atomic mass is 16.5. The molecule has 1 rings (SSSR count). The van der Waals surface area contributed by atoms with Crippen LogP contribution in [0.3, 0.4) is 0 Å². The van der Waals surface area contributed by atoms with Crippen LogP contribution in [0.25, 0.3) is 0 Å². The Morgan fingerprint density at radius 3 is 2.82 bits per heavy atom. The second-order valence-corrected chi connectivity index (χ2v) is 4.84. The zero-order valence-electron chi connectivity index (χ0n) is 11.6. The second-order valence-electron chi connectivity index (χ2n) is 4.84. The van der Waals surface area contributed by atoms with E-state index < -0.39 is 0 Å². The van der Waals surface area contributed by atoms with Crippen molar-refractivity contribution in [3.05, 3.63) is 0 Å². The lowest BCUT2D eigenvalue weighted by atomic mass is 10.1. The first-order valence-corrected chi connectivity index (χ1v) is 6.82. The van der Waals surface area contributed by atoms with Crippen LogP contribution in [0.4, 0.5) is 0 Å². The van der Waals surface area contributed by atoms with E-state index in [2.05, 4.69) is 24.1 Å². The molecule has 0 aromatic heterocycles. The predicted octanol–water partition coefficient (Wildman–Crippen LogP) is 1.11. The molecule has 1 N–H and O–H groups in total. The molecule has 0 bridgehead atoms.